The number of aliphatic hydroxyl groups excluding tert-OH is 2. The second-order valence-corrected chi connectivity index (χ2v) is 9.64. The summed E-state index contributed by atoms with van der Waals surface area (Å²) in [6.45, 7) is 4.89. The molecule has 39 heavy (non-hydrogen) atoms. The van der Waals surface area contributed by atoms with E-state index >= 15 is 0 Å². The van der Waals surface area contributed by atoms with E-state index in [0.717, 1.165) is 6.26 Å². The largest absolute Gasteiger partial charge is 0.383 e. The number of hydrogen-bond donors (Lipinski definition) is 5. The van der Waals surface area contributed by atoms with Gasteiger partial charge in [0.1, 0.15) is 0 Å². The minimum absolute atomic E-state index is 0.0842. The van der Waals surface area contributed by atoms with Crippen LogP contribution >= 0.6 is 0 Å². The summed E-state index contributed by atoms with van der Waals surface area (Å²) in [4.78, 5) is 23.4. The minimum atomic E-state index is -3.19. The molecule has 0 heterocycles. The van der Waals surface area contributed by atoms with Gasteiger partial charge in [-0.15, -0.1) is 0 Å². The molecule has 0 aliphatic rings. The van der Waals surface area contributed by atoms with E-state index in [2.05, 4.69) is 15.4 Å². The topological polar surface area (TPSA) is 209 Å². The lowest BCUT2D eigenvalue weighted by Crippen LogP contribution is -2.50. The van der Waals surface area contributed by atoms with Gasteiger partial charge in [0.2, 0.25) is 10.0 Å². The molecule has 0 fully saturated rings. The van der Waals surface area contributed by atoms with Gasteiger partial charge < -0.3 is 54.0 Å². The molecule has 0 aromatic heterocycles. The van der Waals surface area contributed by atoms with Crippen LogP contribution in [0.1, 0.15) is 0 Å². The highest BCUT2D eigenvalue weighted by atomic mass is 32.2. The van der Waals surface area contributed by atoms with E-state index in [-0.39, 0.29) is 46.1 Å². The molecule has 0 aliphatic carbocycles. The molecule has 0 radical (unpaired) electrons. The number of methoxy groups -OCH3 is 1. The molecule has 5 N–H and O–H groups in total. The lowest BCUT2D eigenvalue weighted by atomic mass is 10.2. The van der Waals surface area contributed by atoms with Crippen LogP contribution in [0.3, 0.4) is 0 Å². The van der Waals surface area contributed by atoms with Gasteiger partial charge in [0, 0.05) is 26.7 Å². The quantitative estimate of drug-likeness (QED) is 0.0554. The Morgan fingerprint density at radius 1 is 0.590 bits per heavy atom. The van der Waals surface area contributed by atoms with Crippen molar-refractivity contribution in [1.82, 2.24) is 15.4 Å². The van der Waals surface area contributed by atoms with Gasteiger partial charge in [-0.1, -0.05) is 0 Å². The number of aliphatic hydroxyl groups is 2. The molecule has 0 bridgehead atoms. The van der Waals surface area contributed by atoms with E-state index in [4.69, 9.17) is 33.2 Å². The molecule has 2 unspecified atom stereocenters. The monoisotopic (exact) mass is 591 g/mol. The lowest BCUT2D eigenvalue weighted by Gasteiger charge is -2.17. The predicted molar refractivity (Wildman–Crippen MR) is 138 cm³/mol. The van der Waals surface area contributed by atoms with Crippen molar-refractivity contribution in [3.05, 3.63) is 0 Å². The van der Waals surface area contributed by atoms with Crippen LogP contribution in [0.25, 0.3) is 0 Å². The molecule has 0 aromatic carbocycles. The summed E-state index contributed by atoms with van der Waals surface area (Å²) in [5.74, 6) is -1.76. The highest BCUT2D eigenvalue weighted by molar-refractivity contribution is 7.88. The fraction of sp³-hybridized carbons (Fsp3) is 0.909. The van der Waals surface area contributed by atoms with E-state index in [0.29, 0.717) is 59.5 Å². The number of sulfonamides is 1. The maximum Gasteiger partial charge on any atom is 0.252 e. The Kier molecular flexibility index (Phi) is 24.5. The van der Waals surface area contributed by atoms with Gasteiger partial charge in [-0.2, -0.15) is 0 Å². The van der Waals surface area contributed by atoms with E-state index in [1.165, 1.54) is 7.11 Å². The van der Waals surface area contributed by atoms with Crippen LogP contribution in [0.2, 0.25) is 0 Å². The number of rotatable bonds is 28. The Morgan fingerprint density at radius 3 is 1.23 bits per heavy atom. The van der Waals surface area contributed by atoms with E-state index in [9.17, 15) is 28.2 Å². The van der Waals surface area contributed by atoms with Crippen LogP contribution in [0.15, 0.2) is 0 Å². The smallest absolute Gasteiger partial charge is 0.252 e. The number of carbonyl (C=O) groups excluding carboxylic acids is 2. The van der Waals surface area contributed by atoms with Crippen LogP contribution in [-0.2, 0) is 52.8 Å². The highest BCUT2D eigenvalue weighted by Gasteiger charge is 2.29. The summed E-state index contributed by atoms with van der Waals surface area (Å²) in [6, 6.07) is 0. The van der Waals surface area contributed by atoms with Crippen molar-refractivity contribution in [1.29, 1.82) is 0 Å². The molecule has 17 heteroatoms. The van der Waals surface area contributed by atoms with Gasteiger partial charge in [0.05, 0.1) is 92.1 Å². The Balaban J connectivity index is 3.37. The first-order valence-corrected chi connectivity index (χ1v) is 14.4. The lowest BCUT2D eigenvalue weighted by molar-refractivity contribution is -0.146. The van der Waals surface area contributed by atoms with Gasteiger partial charge >= 0.3 is 0 Å². The molecule has 0 saturated carbocycles. The van der Waals surface area contributed by atoms with Crippen molar-refractivity contribution in [2.45, 2.75) is 12.2 Å². The Hall–Kier alpha value is -1.51. The zero-order chi connectivity index (χ0) is 29.2. The van der Waals surface area contributed by atoms with Crippen LogP contribution in [0.4, 0.5) is 0 Å². The molecule has 0 rings (SSSR count). The summed E-state index contributed by atoms with van der Waals surface area (Å²) >= 11 is 0. The van der Waals surface area contributed by atoms with Crippen LogP contribution in [0, 0.1) is 0 Å². The van der Waals surface area contributed by atoms with Gasteiger partial charge in [-0.05, 0) is 0 Å². The number of ether oxygens (including phenoxy) is 7. The summed E-state index contributed by atoms with van der Waals surface area (Å²) in [5, 5.41) is 24.1. The average molecular weight is 592 g/mol. The summed E-state index contributed by atoms with van der Waals surface area (Å²) in [5.41, 5.74) is 0. The fourth-order valence-electron chi connectivity index (χ4n) is 2.52. The normalized spacial score (nSPS) is 13.2. The second kappa shape index (κ2) is 25.5. The number of carbonyl (C=O) groups is 2. The summed E-state index contributed by atoms with van der Waals surface area (Å²) in [7, 11) is -1.74. The second-order valence-electron chi connectivity index (χ2n) is 7.81. The molecule has 232 valence electrons. The van der Waals surface area contributed by atoms with Crippen LogP contribution in [0.5, 0.6) is 0 Å². The number of hydrogen-bond acceptors (Lipinski definition) is 13. The standard InChI is InChI=1S/C22H45N3O13S/c1-32-6-3-23-21(28)19(26)20(27)22(29)24-4-7-33-9-11-35-13-15-37-17-18-38-16-14-36-12-10-34-8-5-25-39(2,30)31/h19-20,25-27H,3-18H2,1-2H3,(H,23,28)(H,24,29). The first kappa shape index (κ1) is 37.5. The predicted octanol–water partition coefficient (Wildman–Crippen LogP) is -3.76. The molecular weight excluding hydrogens is 546 g/mol. The van der Waals surface area contributed by atoms with Crippen LogP contribution < -0.4 is 15.4 Å². The van der Waals surface area contributed by atoms with E-state index in [1.54, 1.807) is 0 Å². The average Bonchev–Trinajstić information content (AvgIpc) is 2.89. The van der Waals surface area contributed by atoms with Gasteiger partial charge in [0.15, 0.2) is 12.2 Å². The van der Waals surface area contributed by atoms with Gasteiger partial charge in [0.25, 0.3) is 11.8 Å². The molecule has 0 aliphatic heterocycles. The fourth-order valence-corrected chi connectivity index (χ4v) is 2.97. The van der Waals surface area contributed by atoms with Crippen molar-refractivity contribution in [2.24, 2.45) is 0 Å². The third-order valence-corrected chi connectivity index (χ3v) is 5.19. The maximum absolute atomic E-state index is 11.8. The SMILES string of the molecule is COCCNC(=O)C(O)C(O)C(=O)NCCOCCOCCOCCOCCOCCOCCNS(C)(=O)=O. The number of nitrogens with one attached hydrogen (secondary N) is 3. The summed E-state index contributed by atoms with van der Waals surface area (Å²) < 4.78 is 60.7. The minimum Gasteiger partial charge on any atom is -0.383 e. The van der Waals surface area contributed by atoms with Gasteiger partial charge in [-0.25, -0.2) is 13.1 Å². The Morgan fingerprint density at radius 2 is 0.897 bits per heavy atom. The van der Waals surface area contributed by atoms with Gasteiger partial charge in [-0.3, -0.25) is 9.59 Å². The molecule has 16 nitrogen and oxygen atoms in total. The zero-order valence-electron chi connectivity index (χ0n) is 22.8. The molecule has 0 spiro atoms. The van der Waals surface area contributed by atoms with Crippen molar-refractivity contribution in [3.63, 3.8) is 0 Å². The number of amides is 2. The third kappa shape index (κ3) is 25.2. The molecule has 2 amide bonds. The first-order chi connectivity index (χ1) is 18.7. The molecule has 2 atom stereocenters. The third-order valence-electron chi connectivity index (χ3n) is 4.46. The Labute approximate surface area is 230 Å². The first-order valence-electron chi connectivity index (χ1n) is 12.5. The van der Waals surface area contributed by atoms with Crippen molar-refractivity contribution < 1.29 is 61.4 Å². The van der Waals surface area contributed by atoms with Crippen LogP contribution in [-0.4, -0.2) is 162 Å². The zero-order valence-corrected chi connectivity index (χ0v) is 23.6. The van der Waals surface area contributed by atoms with Crippen molar-refractivity contribution in [3.8, 4) is 0 Å². The van der Waals surface area contributed by atoms with Crippen molar-refractivity contribution >= 4 is 21.8 Å². The maximum atomic E-state index is 11.8. The van der Waals surface area contributed by atoms with E-state index < -0.39 is 34.0 Å². The molecule has 0 saturated heterocycles. The van der Waals surface area contributed by atoms with Crippen molar-refractivity contribution in [2.75, 3.05) is 119 Å². The van der Waals surface area contributed by atoms with E-state index in [1.807, 2.05) is 0 Å². The Bertz CT molecular complexity index is 715. The molecular formula is C22H45N3O13S. The summed E-state index contributed by atoms with van der Waals surface area (Å²) in [6.07, 6.45) is -2.70. The molecule has 0 aromatic rings. The highest BCUT2D eigenvalue weighted by Crippen LogP contribution is 1.94.